The molecule has 0 saturated heterocycles. The Labute approximate surface area is 153 Å². The SMILES string of the molecule is CNc1nc(-c2cccnc2)nc2c(O)cc(-c3cc(F)ccc3F)cc12. The van der Waals surface area contributed by atoms with Crippen LogP contribution in [0.15, 0.2) is 54.9 Å². The summed E-state index contributed by atoms with van der Waals surface area (Å²) in [5.74, 6) is -0.472. The largest absolute Gasteiger partial charge is 0.506 e. The maximum absolute atomic E-state index is 14.2. The Morgan fingerprint density at radius 1 is 1.00 bits per heavy atom. The van der Waals surface area contributed by atoms with Gasteiger partial charge in [-0.15, -0.1) is 0 Å². The van der Waals surface area contributed by atoms with Gasteiger partial charge >= 0.3 is 0 Å². The van der Waals surface area contributed by atoms with Crippen LogP contribution in [0, 0.1) is 11.6 Å². The first-order valence-electron chi connectivity index (χ1n) is 8.15. The third kappa shape index (κ3) is 3.03. The second-order valence-electron chi connectivity index (χ2n) is 5.90. The van der Waals surface area contributed by atoms with Crippen LogP contribution in [0.4, 0.5) is 14.6 Å². The lowest BCUT2D eigenvalue weighted by atomic mass is 10.0. The molecule has 0 bridgehead atoms. The molecule has 0 atom stereocenters. The normalized spacial score (nSPS) is 10.9. The molecule has 2 N–H and O–H groups in total. The van der Waals surface area contributed by atoms with Gasteiger partial charge in [-0.25, -0.2) is 18.7 Å². The fraction of sp³-hybridized carbons (Fsp3) is 0.0500. The highest BCUT2D eigenvalue weighted by Crippen LogP contribution is 2.36. The molecule has 2 aromatic heterocycles. The van der Waals surface area contributed by atoms with E-state index < -0.39 is 11.6 Å². The minimum absolute atomic E-state index is 0.0468. The Hall–Kier alpha value is -3.61. The van der Waals surface area contributed by atoms with Crippen LogP contribution in [0.5, 0.6) is 5.75 Å². The second kappa shape index (κ2) is 6.60. The molecule has 0 aliphatic rings. The van der Waals surface area contributed by atoms with Crippen LogP contribution < -0.4 is 5.32 Å². The molecule has 0 saturated carbocycles. The van der Waals surface area contributed by atoms with Gasteiger partial charge in [0.05, 0.1) is 0 Å². The third-order valence-corrected chi connectivity index (χ3v) is 4.18. The Balaban J connectivity index is 1.96. The maximum Gasteiger partial charge on any atom is 0.163 e. The number of anilines is 1. The van der Waals surface area contributed by atoms with Gasteiger partial charge in [0.2, 0.25) is 0 Å². The molecule has 4 rings (SSSR count). The molecule has 0 amide bonds. The van der Waals surface area contributed by atoms with Crippen LogP contribution in [-0.4, -0.2) is 27.1 Å². The molecule has 0 unspecified atom stereocenters. The van der Waals surface area contributed by atoms with Gasteiger partial charge < -0.3 is 10.4 Å². The number of halogens is 2. The van der Waals surface area contributed by atoms with Crippen molar-refractivity contribution in [3.05, 3.63) is 66.5 Å². The number of aromatic hydroxyl groups is 1. The van der Waals surface area contributed by atoms with Crippen LogP contribution in [-0.2, 0) is 0 Å². The molecule has 4 aromatic rings. The fourth-order valence-corrected chi connectivity index (χ4v) is 2.90. The van der Waals surface area contributed by atoms with E-state index >= 15 is 0 Å². The molecule has 2 heterocycles. The zero-order valence-corrected chi connectivity index (χ0v) is 14.2. The van der Waals surface area contributed by atoms with Crippen LogP contribution >= 0.6 is 0 Å². The van der Waals surface area contributed by atoms with E-state index in [-0.39, 0.29) is 11.3 Å². The van der Waals surface area contributed by atoms with Gasteiger partial charge in [-0.05, 0) is 48.0 Å². The fourth-order valence-electron chi connectivity index (χ4n) is 2.90. The van der Waals surface area contributed by atoms with Crippen molar-refractivity contribution >= 4 is 16.7 Å². The number of hydrogen-bond donors (Lipinski definition) is 2. The third-order valence-electron chi connectivity index (χ3n) is 4.18. The summed E-state index contributed by atoms with van der Waals surface area (Å²) >= 11 is 0. The van der Waals surface area contributed by atoms with Crippen molar-refractivity contribution < 1.29 is 13.9 Å². The number of phenolic OH excluding ortho intramolecular Hbond substituents is 1. The van der Waals surface area contributed by atoms with Crippen molar-refractivity contribution in [1.82, 2.24) is 15.0 Å². The van der Waals surface area contributed by atoms with Gasteiger partial charge in [-0.1, -0.05) is 0 Å². The molecule has 27 heavy (non-hydrogen) atoms. The highest BCUT2D eigenvalue weighted by molar-refractivity contribution is 5.97. The molecule has 7 heteroatoms. The predicted octanol–water partition coefficient (Wildman–Crippen LogP) is 4.38. The number of nitrogens with one attached hydrogen (secondary N) is 1. The number of rotatable bonds is 3. The van der Waals surface area contributed by atoms with Crippen molar-refractivity contribution in [2.45, 2.75) is 0 Å². The first kappa shape index (κ1) is 16.8. The molecule has 2 aromatic carbocycles. The van der Waals surface area contributed by atoms with Crippen LogP contribution in [0.2, 0.25) is 0 Å². The quantitative estimate of drug-likeness (QED) is 0.564. The highest BCUT2D eigenvalue weighted by Gasteiger charge is 2.16. The first-order chi connectivity index (χ1) is 13.1. The lowest BCUT2D eigenvalue weighted by Crippen LogP contribution is -2.00. The van der Waals surface area contributed by atoms with Crippen molar-refractivity contribution in [2.75, 3.05) is 12.4 Å². The minimum Gasteiger partial charge on any atom is -0.506 e. The monoisotopic (exact) mass is 364 g/mol. The maximum atomic E-state index is 14.2. The van der Waals surface area contributed by atoms with E-state index in [2.05, 4.69) is 20.3 Å². The summed E-state index contributed by atoms with van der Waals surface area (Å²) in [6.45, 7) is 0. The van der Waals surface area contributed by atoms with Crippen LogP contribution in [0.25, 0.3) is 33.4 Å². The average Bonchev–Trinajstić information content (AvgIpc) is 2.69. The Morgan fingerprint density at radius 2 is 1.85 bits per heavy atom. The predicted molar refractivity (Wildman–Crippen MR) is 99.3 cm³/mol. The first-order valence-corrected chi connectivity index (χ1v) is 8.15. The molecule has 0 aliphatic carbocycles. The number of aromatic nitrogens is 3. The summed E-state index contributed by atoms with van der Waals surface area (Å²) in [4.78, 5) is 12.9. The summed E-state index contributed by atoms with van der Waals surface area (Å²) in [6, 6.07) is 9.72. The van der Waals surface area contributed by atoms with E-state index in [0.717, 1.165) is 18.2 Å². The average molecular weight is 364 g/mol. The van der Waals surface area contributed by atoms with Crippen LogP contribution in [0.1, 0.15) is 0 Å². The van der Waals surface area contributed by atoms with Gasteiger partial charge in [-0.3, -0.25) is 4.98 Å². The van der Waals surface area contributed by atoms with Gasteiger partial charge in [0.25, 0.3) is 0 Å². The van der Waals surface area contributed by atoms with Gasteiger partial charge in [-0.2, -0.15) is 0 Å². The van der Waals surface area contributed by atoms with Gasteiger partial charge in [0.1, 0.15) is 28.7 Å². The van der Waals surface area contributed by atoms with E-state index in [1.54, 1.807) is 37.6 Å². The minimum atomic E-state index is -0.589. The van der Waals surface area contributed by atoms with Gasteiger partial charge in [0, 0.05) is 36.0 Å². The summed E-state index contributed by atoms with van der Waals surface area (Å²) in [6.07, 6.45) is 3.26. The zero-order chi connectivity index (χ0) is 19.0. The van der Waals surface area contributed by atoms with E-state index in [1.807, 2.05) is 0 Å². The zero-order valence-electron chi connectivity index (χ0n) is 14.2. The van der Waals surface area contributed by atoms with E-state index in [9.17, 15) is 13.9 Å². The number of fused-ring (bicyclic) bond motifs is 1. The number of phenols is 1. The van der Waals surface area contributed by atoms with E-state index in [4.69, 9.17) is 0 Å². The molecule has 5 nitrogen and oxygen atoms in total. The molecule has 0 fully saturated rings. The molecular formula is C20H14F2N4O. The molecule has 0 spiro atoms. The molecular weight excluding hydrogens is 350 g/mol. The molecule has 134 valence electrons. The molecule has 0 radical (unpaired) electrons. The van der Waals surface area contributed by atoms with Crippen molar-refractivity contribution in [3.63, 3.8) is 0 Å². The number of benzene rings is 2. The Bertz CT molecular complexity index is 1150. The van der Waals surface area contributed by atoms with E-state index in [0.29, 0.717) is 33.7 Å². The smallest absolute Gasteiger partial charge is 0.163 e. The van der Waals surface area contributed by atoms with E-state index in [1.165, 1.54) is 6.07 Å². The highest BCUT2D eigenvalue weighted by atomic mass is 19.1. The standard InChI is InChI=1S/C20H14F2N4O/c1-23-20-15-7-12(14-9-13(21)4-5-16(14)22)8-17(27)18(15)25-19(26-20)11-3-2-6-24-10-11/h2-10,27H,1H3,(H,23,25,26). The molecule has 0 aliphatic heterocycles. The lowest BCUT2D eigenvalue weighted by molar-refractivity contribution is 0.480. The van der Waals surface area contributed by atoms with Crippen LogP contribution in [0.3, 0.4) is 0 Å². The Morgan fingerprint density at radius 3 is 2.59 bits per heavy atom. The Kier molecular flexibility index (Phi) is 4.12. The second-order valence-corrected chi connectivity index (χ2v) is 5.90. The number of pyridine rings is 1. The summed E-state index contributed by atoms with van der Waals surface area (Å²) in [5.41, 5.74) is 1.36. The topological polar surface area (TPSA) is 70.9 Å². The number of hydrogen-bond acceptors (Lipinski definition) is 5. The summed E-state index contributed by atoms with van der Waals surface area (Å²) < 4.78 is 27.7. The van der Waals surface area contributed by atoms with Crippen molar-refractivity contribution in [2.24, 2.45) is 0 Å². The van der Waals surface area contributed by atoms with Crippen molar-refractivity contribution in [1.29, 1.82) is 0 Å². The van der Waals surface area contributed by atoms with Crippen molar-refractivity contribution in [3.8, 4) is 28.3 Å². The lowest BCUT2D eigenvalue weighted by Gasteiger charge is -2.12. The number of nitrogens with zero attached hydrogens (tertiary/aromatic N) is 3. The van der Waals surface area contributed by atoms with Gasteiger partial charge in [0.15, 0.2) is 5.82 Å². The summed E-state index contributed by atoms with van der Waals surface area (Å²) in [7, 11) is 1.68. The summed E-state index contributed by atoms with van der Waals surface area (Å²) in [5, 5.41) is 14.0.